The Labute approximate surface area is 144 Å². The van der Waals surface area contributed by atoms with Crippen LogP contribution in [-0.2, 0) is 19.4 Å². The van der Waals surface area contributed by atoms with E-state index in [9.17, 15) is 18.0 Å². The average molecular weight is 354 g/mol. The van der Waals surface area contributed by atoms with Gasteiger partial charge in [0.2, 0.25) is 11.8 Å². The molecular weight excluding hydrogens is 328 g/mol. The van der Waals surface area contributed by atoms with E-state index >= 15 is 0 Å². The topological polar surface area (TPSA) is 74.8 Å². The number of amides is 2. The van der Waals surface area contributed by atoms with Crippen molar-refractivity contribution in [1.82, 2.24) is 9.80 Å². The van der Waals surface area contributed by atoms with Crippen LogP contribution in [-0.4, -0.2) is 62.5 Å². The van der Waals surface area contributed by atoms with Gasteiger partial charge in [0.1, 0.15) is 0 Å². The molecule has 0 atom stereocenters. The van der Waals surface area contributed by atoms with Gasteiger partial charge in [-0.15, -0.1) is 0 Å². The lowest BCUT2D eigenvalue weighted by molar-refractivity contribution is -0.139. The van der Waals surface area contributed by atoms with Gasteiger partial charge in [-0.05, 0) is 32.9 Å². The second kappa shape index (κ2) is 8.82. The standard InChI is InChI=1S/C17H26N2O4S/c1-5-19(6-2)17(21)13-18(4)16(20)11-12-24(22,23)15-9-7-14(3)8-10-15/h7-10H,5-6,11-13H2,1-4H3. The van der Waals surface area contributed by atoms with E-state index in [2.05, 4.69) is 0 Å². The van der Waals surface area contributed by atoms with E-state index in [1.54, 1.807) is 29.2 Å². The summed E-state index contributed by atoms with van der Waals surface area (Å²) in [7, 11) is -1.99. The first-order chi connectivity index (χ1) is 11.2. The van der Waals surface area contributed by atoms with Crippen molar-refractivity contribution in [2.24, 2.45) is 0 Å². The van der Waals surface area contributed by atoms with Crippen molar-refractivity contribution in [1.29, 1.82) is 0 Å². The Balaban J connectivity index is 2.61. The van der Waals surface area contributed by atoms with E-state index in [0.717, 1.165) is 5.56 Å². The van der Waals surface area contributed by atoms with E-state index in [-0.39, 0.29) is 35.4 Å². The molecule has 0 saturated carbocycles. The normalized spacial score (nSPS) is 11.2. The SMILES string of the molecule is CCN(CC)C(=O)CN(C)C(=O)CCS(=O)(=O)c1ccc(C)cc1. The van der Waals surface area contributed by atoms with Crippen LogP contribution >= 0.6 is 0 Å². The molecule has 2 amide bonds. The Morgan fingerprint density at radius 1 is 1.00 bits per heavy atom. The van der Waals surface area contributed by atoms with Crippen LogP contribution in [0.25, 0.3) is 0 Å². The minimum absolute atomic E-state index is 0.0366. The summed E-state index contributed by atoms with van der Waals surface area (Å²) >= 11 is 0. The number of nitrogens with zero attached hydrogens (tertiary/aromatic N) is 2. The fraction of sp³-hybridized carbons (Fsp3) is 0.529. The van der Waals surface area contributed by atoms with Gasteiger partial charge >= 0.3 is 0 Å². The molecule has 134 valence electrons. The van der Waals surface area contributed by atoms with Crippen LogP contribution in [0.5, 0.6) is 0 Å². The first-order valence-electron chi connectivity index (χ1n) is 8.02. The fourth-order valence-electron chi connectivity index (χ4n) is 2.24. The predicted octanol–water partition coefficient (Wildman–Crippen LogP) is 1.49. The Kier molecular flexibility index (Phi) is 7.41. The molecule has 0 aliphatic heterocycles. The smallest absolute Gasteiger partial charge is 0.242 e. The highest BCUT2D eigenvalue weighted by Crippen LogP contribution is 2.13. The van der Waals surface area contributed by atoms with Crippen LogP contribution in [0.4, 0.5) is 0 Å². The zero-order valence-electron chi connectivity index (χ0n) is 14.8. The minimum Gasteiger partial charge on any atom is -0.342 e. The van der Waals surface area contributed by atoms with Gasteiger partial charge in [-0.1, -0.05) is 17.7 Å². The van der Waals surface area contributed by atoms with Crippen molar-refractivity contribution < 1.29 is 18.0 Å². The Hall–Kier alpha value is -1.89. The van der Waals surface area contributed by atoms with Gasteiger partial charge in [-0.25, -0.2) is 8.42 Å². The number of likely N-dealkylation sites (N-methyl/N-ethyl adjacent to an activating group) is 2. The molecule has 6 nitrogen and oxygen atoms in total. The van der Waals surface area contributed by atoms with Crippen molar-refractivity contribution in [3.05, 3.63) is 29.8 Å². The molecule has 0 fully saturated rings. The largest absolute Gasteiger partial charge is 0.342 e. The molecule has 0 aromatic heterocycles. The molecule has 0 saturated heterocycles. The molecule has 7 heteroatoms. The molecule has 0 aliphatic rings. The van der Waals surface area contributed by atoms with E-state index in [4.69, 9.17) is 0 Å². The number of rotatable bonds is 8. The van der Waals surface area contributed by atoms with Gasteiger partial charge in [0.15, 0.2) is 9.84 Å². The number of hydrogen-bond acceptors (Lipinski definition) is 4. The van der Waals surface area contributed by atoms with Crippen LogP contribution in [0, 0.1) is 6.92 Å². The lowest BCUT2D eigenvalue weighted by Crippen LogP contribution is -2.41. The van der Waals surface area contributed by atoms with Gasteiger partial charge in [0, 0.05) is 26.6 Å². The van der Waals surface area contributed by atoms with Crippen molar-refractivity contribution in [2.75, 3.05) is 32.4 Å². The molecule has 1 aromatic rings. The number of aryl methyl sites for hydroxylation is 1. The van der Waals surface area contributed by atoms with E-state index < -0.39 is 9.84 Å². The summed E-state index contributed by atoms with van der Waals surface area (Å²) in [6, 6.07) is 6.54. The van der Waals surface area contributed by atoms with Gasteiger partial charge < -0.3 is 9.80 Å². The molecule has 1 aromatic carbocycles. The molecule has 0 radical (unpaired) electrons. The zero-order chi connectivity index (χ0) is 18.3. The number of benzene rings is 1. The summed E-state index contributed by atoms with van der Waals surface area (Å²) in [5.41, 5.74) is 0.972. The third-order valence-corrected chi connectivity index (χ3v) is 5.61. The van der Waals surface area contributed by atoms with Crippen molar-refractivity contribution in [2.45, 2.75) is 32.1 Å². The minimum atomic E-state index is -3.50. The van der Waals surface area contributed by atoms with Crippen LogP contribution in [0.3, 0.4) is 0 Å². The highest BCUT2D eigenvalue weighted by atomic mass is 32.2. The number of carbonyl (C=O) groups excluding carboxylic acids is 2. The van der Waals surface area contributed by atoms with E-state index in [1.807, 2.05) is 20.8 Å². The second-order valence-electron chi connectivity index (χ2n) is 5.70. The highest BCUT2D eigenvalue weighted by Gasteiger charge is 2.20. The molecule has 1 rings (SSSR count). The molecule has 0 aliphatic carbocycles. The quantitative estimate of drug-likeness (QED) is 0.709. The first-order valence-corrected chi connectivity index (χ1v) is 9.67. The monoisotopic (exact) mass is 354 g/mol. The summed E-state index contributed by atoms with van der Waals surface area (Å²) in [4.78, 5) is 27.2. The maximum Gasteiger partial charge on any atom is 0.242 e. The van der Waals surface area contributed by atoms with Crippen molar-refractivity contribution in [3.8, 4) is 0 Å². The Morgan fingerprint density at radius 3 is 2.04 bits per heavy atom. The summed E-state index contributed by atoms with van der Waals surface area (Å²) < 4.78 is 24.5. The van der Waals surface area contributed by atoms with Crippen molar-refractivity contribution >= 4 is 21.7 Å². The molecule has 0 N–H and O–H groups in total. The third-order valence-electron chi connectivity index (χ3n) is 3.88. The summed E-state index contributed by atoms with van der Waals surface area (Å²) in [5.74, 6) is -0.762. The Bertz CT molecular complexity index is 664. The predicted molar refractivity (Wildman–Crippen MR) is 93.4 cm³/mol. The molecular formula is C17H26N2O4S. The molecule has 0 spiro atoms. The maximum absolute atomic E-state index is 12.2. The fourth-order valence-corrected chi connectivity index (χ4v) is 3.47. The summed E-state index contributed by atoms with van der Waals surface area (Å²) in [6.45, 7) is 6.75. The Morgan fingerprint density at radius 2 is 1.54 bits per heavy atom. The highest BCUT2D eigenvalue weighted by molar-refractivity contribution is 7.91. The van der Waals surface area contributed by atoms with Gasteiger partial charge in [-0.2, -0.15) is 0 Å². The summed E-state index contributed by atoms with van der Waals surface area (Å²) in [5, 5.41) is 0. The van der Waals surface area contributed by atoms with Crippen LogP contribution < -0.4 is 0 Å². The van der Waals surface area contributed by atoms with Crippen molar-refractivity contribution in [3.63, 3.8) is 0 Å². The third kappa shape index (κ3) is 5.63. The lowest BCUT2D eigenvalue weighted by atomic mass is 10.2. The lowest BCUT2D eigenvalue weighted by Gasteiger charge is -2.23. The molecule has 0 unspecified atom stereocenters. The first kappa shape index (κ1) is 20.2. The van der Waals surface area contributed by atoms with Gasteiger partial charge in [0.25, 0.3) is 0 Å². The molecule has 24 heavy (non-hydrogen) atoms. The number of carbonyl (C=O) groups is 2. The number of hydrogen-bond donors (Lipinski definition) is 0. The number of sulfone groups is 1. The van der Waals surface area contributed by atoms with Crippen LogP contribution in [0.2, 0.25) is 0 Å². The van der Waals surface area contributed by atoms with Crippen LogP contribution in [0.15, 0.2) is 29.2 Å². The molecule has 0 bridgehead atoms. The van der Waals surface area contributed by atoms with Crippen LogP contribution in [0.1, 0.15) is 25.8 Å². The molecule has 0 heterocycles. The summed E-state index contributed by atoms with van der Waals surface area (Å²) in [6.07, 6.45) is -0.141. The maximum atomic E-state index is 12.2. The van der Waals surface area contributed by atoms with Gasteiger partial charge in [-0.3, -0.25) is 9.59 Å². The average Bonchev–Trinajstić information content (AvgIpc) is 2.54. The van der Waals surface area contributed by atoms with Gasteiger partial charge in [0.05, 0.1) is 17.2 Å². The van der Waals surface area contributed by atoms with E-state index in [0.29, 0.717) is 13.1 Å². The second-order valence-corrected chi connectivity index (χ2v) is 7.81. The zero-order valence-corrected chi connectivity index (χ0v) is 15.6. The van der Waals surface area contributed by atoms with E-state index in [1.165, 1.54) is 11.9 Å².